The number of fused-ring (bicyclic) bond motifs is 2. The molecule has 1 aromatic rings. The van der Waals surface area contributed by atoms with E-state index in [1.165, 1.54) is 0 Å². The van der Waals surface area contributed by atoms with Gasteiger partial charge in [-0.1, -0.05) is 45.9 Å². The van der Waals surface area contributed by atoms with Gasteiger partial charge in [0, 0.05) is 16.2 Å². The number of hydrogen-bond acceptors (Lipinski definition) is 5. The summed E-state index contributed by atoms with van der Waals surface area (Å²) in [7, 11) is 0. The second-order valence-electron chi connectivity index (χ2n) is 6.08. The van der Waals surface area contributed by atoms with Gasteiger partial charge < -0.3 is 4.84 Å². The van der Waals surface area contributed by atoms with Crippen LogP contribution >= 0.6 is 23.5 Å². The molecule has 126 valence electrons. The zero-order chi connectivity index (χ0) is 16.7. The average molecular weight is 353 g/mol. The molecule has 0 spiro atoms. The van der Waals surface area contributed by atoms with Crippen LogP contribution in [0.5, 0.6) is 0 Å². The number of hydrogen-bond donors (Lipinski definition) is 1. The van der Waals surface area contributed by atoms with E-state index in [0.717, 1.165) is 18.5 Å². The van der Waals surface area contributed by atoms with Crippen LogP contribution in [0.1, 0.15) is 40.5 Å². The van der Waals surface area contributed by atoms with Crippen molar-refractivity contribution < 1.29 is 9.63 Å². The fourth-order valence-corrected chi connectivity index (χ4v) is 7.77. The Kier molecular flexibility index (Phi) is 4.60. The normalized spacial score (nSPS) is 36.2. The minimum Gasteiger partial charge on any atom is -0.348 e. The number of nitrogens with zero attached hydrogens (tertiary/aromatic N) is 1. The highest BCUT2D eigenvalue weighted by Gasteiger charge is 2.70. The van der Waals surface area contributed by atoms with E-state index in [1.807, 2.05) is 58.9 Å². The number of para-hydroxylation sites is 1. The molecule has 4 nitrogen and oxygen atoms in total. The Morgan fingerprint density at radius 1 is 1.13 bits per heavy atom. The van der Waals surface area contributed by atoms with E-state index >= 15 is 0 Å². The number of anilines is 1. The molecule has 6 heteroatoms. The third-order valence-corrected chi connectivity index (χ3v) is 9.15. The molecule has 1 aromatic carbocycles. The first-order valence-corrected chi connectivity index (χ1v) is 9.94. The quantitative estimate of drug-likeness (QED) is 0.831. The van der Waals surface area contributed by atoms with Gasteiger partial charge in [-0.05, 0) is 25.0 Å². The van der Waals surface area contributed by atoms with Gasteiger partial charge in [0.05, 0.1) is 0 Å². The summed E-state index contributed by atoms with van der Waals surface area (Å²) in [5.74, 6) is 0. The molecule has 4 atom stereocenters. The van der Waals surface area contributed by atoms with Crippen LogP contribution in [-0.4, -0.2) is 31.4 Å². The zero-order valence-corrected chi connectivity index (χ0v) is 15.7. The fourth-order valence-electron chi connectivity index (χ4n) is 3.66. The van der Waals surface area contributed by atoms with Gasteiger partial charge in [0.15, 0.2) is 0 Å². The first kappa shape index (κ1) is 17.0. The van der Waals surface area contributed by atoms with Crippen LogP contribution in [0.2, 0.25) is 0 Å². The van der Waals surface area contributed by atoms with E-state index < -0.39 is 6.09 Å². The van der Waals surface area contributed by atoms with Crippen molar-refractivity contribution in [3.05, 3.63) is 30.3 Å². The number of carbonyl (C=O) groups is 1. The maximum atomic E-state index is 12.4. The first-order valence-electron chi connectivity index (χ1n) is 8.18. The molecule has 0 aromatic heterocycles. The average Bonchev–Trinajstić information content (AvgIpc) is 2.92. The van der Waals surface area contributed by atoms with E-state index in [1.54, 1.807) is 0 Å². The summed E-state index contributed by atoms with van der Waals surface area (Å²) in [5.41, 5.74) is 0.751. The van der Waals surface area contributed by atoms with Crippen molar-refractivity contribution >= 4 is 35.3 Å². The maximum absolute atomic E-state index is 12.4. The van der Waals surface area contributed by atoms with Crippen molar-refractivity contribution in [2.45, 2.75) is 60.8 Å². The number of hydroxylamine groups is 2. The number of carbonyl (C=O) groups excluding carboxylic acids is 1. The summed E-state index contributed by atoms with van der Waals surface area (Å²) in [6.45, 7) is 8.85. The van der Waals surface area contributed by atoms with Crippen LogP contribution < -0.4 is 5.32 Å². The Morgan fingerprint density at radius 2 is 1.65 bits per heavy atom. The Morgan fingerprint density at radius 3 is 2.13 bits per heavy atom. The Bertz CT molecular complexity index is 561. The third-order valence-electron chi connectivity index (χ3n) is 4.93. The highest BCUT2D eigenvalue weighted by Crippen LogP contribution is 2.68. The molecule has 0 saturated carbocycles. The molecular formula is C17H24N2O2S2. The lowest BCUT2D eigenvalue weighted by Gasteiger charge is -2.35. The van der Waals surface area contributed by atoms with E-state index in [4.69, 9.17) is 4.84 Å². The van der Waals surface area contributed by atoms with Gasteiger partial charge in [0.2, 0.25) is 0 Å². The smallest absolute Gasteiger partial charge is 0.348 e. The highest BCUT2D eigenvalue weighted by molar-refractivity contribution is 8.09. The van der Waals surface area contributed by atoms with Crippen molar-refractivity contribution in [1.82, 2.24) is 5.06 Å². The lowest BCUT2D eigenvalue weighted by molar-refractivity contribution is -0.162. The minimum absolute atomic E-state index is 0.131. The molecule has 2 aliphatic heterocycles. The molecule has 2 aliphatic rings. The predicted molar refractivity (Wildman–Crippen MR) is 98.5 cm³/mol. The lowest BCUT2D eigenvalue weighted by atomic mass is 10.1. The van der Waals surface area contributed by atoms with Gasteiger partial charge in [-0.25, -0.2) is 4.79 Å². The van der Waals surface area contributed by atoms with Gasteiger partial charge >= 0.3 is 6.09 Å². The Hall–Kier alpha value is -0.850. The molecule has 2 heterocycles. The molecule has 0 radical (unpaired) electrons. The molecule has 0 aliphatic carbocycles. The lowest BCUT2D eigenvalue weighted by Crippen LogP contribution is -2.50. The standard InChI is InChI=1S/C17H24N2O2S2/c1-5-16-12(3)23-17(6-2,13(4)22-16)19(16)21-15(20)18-14-10-8-7-9-11-14/h7-13H,5-6H2,1-4H3,(H,18,20). The zero-order valence-electron chi connectivity index (χ0n) is 14.0. The first-order chi connectivity index (χ1) is 11.0. The van der Waals surface area contributed by atoms with E-state index in [9.17, 15) is 4.79 Å². The SMILES string of the molecule is CCC12SC(C)C(CC)(SC1C)N2OC(=O)Nc1ccccc1. The van der Waals surface area contributed by atoms with Gasteiger partial charge in [0.25, 0.3) is 0 Å². The largest absolute Gasteiger partial charge is 0.430 e. The van der Waals surface area contributed by atoms with Crippen LogP contribution in [0.25, 0.3) is 0 Å². The van der Waals surface area contributed by atoms with Gasteiger partial charge in [0.1, 0.15) is 9.74 Å². The Labute approximate surface area is 146 Å². The van der Waals surface area contributed by atoms with Crippen LogP contribution in [0, 0.1) is 0 Å². The maximum Gasteiger partial charge on any atom is 0.430 e. The Balaban J connectivity index is 1.81. The fraction of sp³-hybridized carbons (Fsp3) is 0.588. The van der Waals surface area contributed by atoms with Gasteiger partial charge in [-0.3, -0.25) is 5.32 Å². The number of thioether (sulfide) groups is 2. The van der Waals surface area contributed by atoms with Crippen LogP contribution in [0.4, 0.5) is 10.5 Å². The summed E-state index contributed by atoms with van der Waals surface area (Å²) in [6, 6.07) is 9.43. The number of nitrogens with one attached hydrogen (secondary N) is 1. The number of rotatable bonds is 4. The van der Waals surface area contributed by atoms with Crippen molar-refractivity contribution in [2.75, 3.05) is 5.32 Å². The number of amides is 1. The third kappa shape index (κ3) is 2.55. The molecule has 1 N–H and O–H groups in total. The van der Waals surface area contributed by atoms with E-state index in [-0.39, 0.29) is 9.74 Å². The van der Waals surface area contributed by atoms with E-state index in [0.29, 0.717) is 10.5 Å². The van der Waals surface area contributed by atoms with Crippen molar-refractivity contribution in [1.29, 1.82) is 0 Å². The molecule has 3 rings (SSSR count). The monoisotopic (exact) mass is 352 g/mol. The summed E-state index contributed by atoms with van der Waals surface area (Å²) < 4.78 is 0. The molecule has 23 heavy (non-hydrogen) atoms. The summed E-state index contributed by atoms with van der Waals surface area (Å²) in [6.07, 6.45) is 1.50. The molecule has 1 amide bonds. The van der Waals surface area contributed by atoms with Crippen LogP contribution in [0.3, 0.4) is 0 Å². The number of benzene rings is 1. The minimum atomic E-state index is -0.406. The molecule has 2 saturated heterocycles. The summed E-state index contributed by atoms with van der Waals surface area (Å²) >= 11 is 3.90. The van der Waals surface area contributed by atoms with E-state index in [2.05, 4.69) is 33.0 Å². The molecule has 4 unspecified atom stereocenters. The van der Waals surface area contributed by atoms with Crippen molar-refractivity contribution in [2.24, 2.45) is 0 Å². The molecule has 2 bridgehead atoms. The molecular weight excluding hydrogens is 328 g/mol. The van der Waals surface area contributed by atoms with Gasteiger partial charge in [-0.2, -0.15) is 0 Å². The predicted octanol–water partition coefficient (Wildman–Crippen LogP) is 4.94. The highest BCUT2D eigenvalue weighted by atomic mass is 32.2. The molecule has 2 fully saturated rings. The summed E-state index contributed by atoms with van der Waals surface area (Å²) in [5, 5.41) is 5.69. The second-order valence-corrected chi connectivity index (χ2v) is 9.38. The van der Waals surface area contributed by atoms with Crippen LogP contribution in [-0.2, 0) is 4.84 Å². The van der Waals surface area contributed by atoms with Crippen LogP contribution in [0.15, 0.2) is 30.3 Å². The van der Waals surface area contributed by atoms with Gasteiger partial charge in [-0.15, -0.1) is 28.6 Å². The topological polar surface area (TPSA) is 41.6 Å². The second kappa shape index (κ2) is 6.22. The van der Waals surface area contributed by atoms with Crippen molar-refractivity contribution in [3.8, 4) is 0 Å². The summed E-state index contributed by atoms with van der Waals surface area (Å²) in [4.78, 5) is 18.0. The van der Waals surface area contributed by atoms with Crippen molar-refractivity contribution in [3.63, 3.8) is 0 Å².